The normalized spacial score (nSPS) is 12.5. The van der Waals surface area contributed by atoms with Gasteiger partial charge in [-0.15, -0.1) is 0 Å². The van der Waals surface area contributed by atoms with Gasteiger partial charge in [0.05, 0.1) is 27.5 Å². The number of aromatic nitrogens is 3. The number of alkyl halides is 3. The van der Waals surface area contributed by atoms with E-state index >= 15 is 0 Å². The molecular weight excluding hydrogens is 501 g/mol. The molecule has 0 aliphatic rings. The molecule has 2 aromatic heterocycles. The molecule has 1 N–H and O–H groups in total. The number of benzene rings is 2. The number of nitrogens with zero attached hydrogens (tertiary/aromatic N) is 3. The van der Waals surface area contributed by atoms with Crippen LogP contribution in [-0.4, -0.2) is 28.9 Å². The molecule has 4 rings (SSSR count). The molecule has 10 heteroatoms. The molecule has 2 heterocycles. The van der Waals surface area contributed by atoms with Crippen LogP contribution in [0.1, 0.15) is 31.9 Å². The molecule has 0 unspecified atom stereocenters. The summed E-state index contributed by atoms with van der Waals surface area (Å²) in [5.41, 5.74) is 2.02. The van der Waals surface area contributed by atoms with Crippen LogP contribution in [0.15, 0.2) is 77.8 Å². The Morgan fingerprint density at radius 2 is 1.46 bits per heavy atom. The minimum Gasteiger partial charge on any atom is -0.246 e. The molecule has 0 bridgehead atoms. The van der Waals surface area contributed by atoms with Crippen molar-refractivity contribution >= 4 is 10.0 Å². The molecule has 0 radical (unpaired) electrons. The van der Waals surface area contributed by atoms with E-state index < -0.39 is 27.3 Å². The van der Waals surface area contributed by atoms with E-state index in [0.29, 0.717) is 34.0 Å². The predicted molar refractivity (Wildman–Crippen MR) is 136 cm³/mol. The van der Waals surface area contributed by atoms with Gasteiger partial charge in [-0.1, -0.05) is 24.3 Å². The number of nitrogens with one attached hydrogen (secondary N) is 1. The minimum absolute atomic E-state index is 0.0900. The van der Waals surface area contributed by atoms with Gasteiger partial charge in [0.25, 0.3) is 0 Å². The molecule has 0 saturated heterocycles. The molecule has 6 nitrogen and oxygen atoms in total. The lowest BCUT2D eigenvalue weighted by Gasteiger charge is -2.20. The van der Waals surface area contributed by atoms with E-state index in [-0.39, 0.29) is 4.90 Å². The van der Waals surface area contributed by atoms with Crippen molar-refractivity contribution in [2.75, 3.05) is 0 Å². The second-order valence-corrected chi connectivity index (χ2v) is 11.3. The van der Waals surface area contributed by atoms with E-state index in [4.69, 9.17) is 0 Å². The van der Waals surface area contributed by atoms with Gasteiger partial charge in [0.15, 0.2) is 5.82 Å². The van der Waals surface area contributed by atoms with Crippen molar-refractivity contribution < 1.29 is 21.6 Å². The van der Waals surface area contributed by atoms with Gasteiger partial charge < -0.3 is 0 Å². The minimum atomic E-state index is -4.42. The van der Waals surface area contributed by atoms with E-state index in [2.05, 4.69) is 19.7 Å². The van der Waals surface area contributed by atoms with Crippen LogP contribution >= 0.6 is 0 Å². The largest absolute Gasteiger partial charge is 0.416 e. The summed E-state index contributed by atoms with van der Waals surface area (Å²) in [7, 11) is -3.75. The predicted octanol–water partition coefficient (Wildman–Crippen LogP) is 6.28. The van der Waals surface area contributed by atoms with Crippen LogP contribution < -0.4 is 4.72 Å². The summed E-state index contributed by atoms with van der Waals surface area (Å²) in [6.07, 6.45) is -2.87. The van der Waals surface area contributed by atoms with E-state index in [1.807, 2.05) is 13.0 Å². The Hall–Kier alpha value is -3.63. The van der Waals surface area contributed by atoms with Gasteiger partial charge in [-0.05, 0) is 75.7 Å². The summed E-state index contributed by atoms with van der Waals surface area (Å²) in [5, 5.41) is 0. The van der Waals surface area contributed by atoms with E-state index in [1.165, 1.54) is 24.3 Å². The Morgan fingerprint density at radius 1 is 0.784 bits per heavy atom. The highest BCUT2D eigenvalue weighted by molar-refractivity contribution is 7.89. The topological polar surface area (TPSA) is 84.8 Å². The van der Waals surface area contributed by atoms with E-state index in [1.54, 1.807) is 51.2 Å². The second kappa shape index (κ2) is 9.68. The van der Waals surface area contributed by atoms with Crippen molar-refractivity contribution in [3.63, 3.8) is 0 Å². The fourth-order valence-electron chi connectivity index (χ4n) is 3.68. The summed E-state index contributed by atoms with van der Waals surface area (Å²) in [4.78, 5) is 13.6. The van der Waals surface area contributed by atoms with Gasteiger partial charge >= 0.3 is 6.18 Å². The van der Waals surface area contributed by atoms with Gasteiger partial charge in [-0.25, -0.2) is 28.1 Å². The molecular formula is C27H25F3N4O2S. The maximum Gasteiger partial charge on any atom is 0.416 e. The van der Waals surface area contributed by atoms with Crippen LogP contribution in [-0.2, 0) is 16.2 Å². The van der Waals surface area contributed by atoms with Gasteiger partial charge in [-0.3, -0.25) is 0 Å². The fraction of sp³-hybridized carbons (Fsp3) is 0.222. The SMILES string of the molecule is Cc1cc(-c2ccc(C(F)(F)F)cc2)nc(-c2ccnc(-c3cccc(S(=O)(=O)NC(C)(C)C)c3)n2)c1. The number of hydrogen-bond donors (Lipinski definition) is 1. The third kappa shape index (κ3) is 6.39. The molecule has 2 aromatic carbocycles. The maximum atomic E-state index is 12.9. The quantitative estimate of drug-likeness (QED) is 0.331. The number of aryl methyl sites for hydroxylation is 1. The fourth-order valence-corrected chi connectivity index (χ4v) is 5.15. The lowest BCUT2D eigenvalue weighted by molar-refractivity contribution is -0.137. The third-order valence-electron chi connectivity index (χ3n) is 5.24. The zero-order chi connectivity index (χ0) is 27.0. The molecule has 37 heavy (non-hydrogen) atoms. The van der Waals surface area contributed by atoms with Crippen LogP contribution in [0, 0.1) is 6.92 Å². The molecule has 0 aliphatic heterocycles. The van der Waals surface area contributed by atoms with Crippen molar-refractivity contribution in [1.29, 1.82) is 0 Å². The van der Waals surface area contributed by atoms with E-state index in [9.17, 15) is 21.6 Å². The highest BCUT2D eigenvalue weighted by Gasteiger charge is 2.30. The molecule has 0 aliphatic carbocycles. The zero-order valence-electron chi connectivity index (χ0n) is 20.6. The Balaban J connectivity index is 1.70. The first-order chi connectivity index (χ1) is 17.2. The Morgan fingerprint density at radius 3 is 2.11 bits per heavy atom. The lowest BCUT2D eigenvalue weighted by atomic mass is 10.1. The number of halogens is 3. The number of sulfonamides is 1. The monoisotopic (exact) mass is 526 g/mol. The van der Waals surface area contributed by atoms with Crippen molar-refractivity contribution in [2.45, 2.75) is 44.3 Å². The zero-order valence-corrected chi connectivity index (χ0v) is 21.4. The van der Waals surface area contributed by atoms with E-state index in [0.717, 1.165) is 17.7 Å². The van der Waals surface area contributed by atoms with Crippen LogP contribution in [0.5, 0.6) is 0 Å². The molecule has 0 amide bonds. The van der Waals surface area contributed by atoms with Gasteiger partial charge in [0, 0.05) is 22.9 Å². The Bertz CT molecular complexity index is 1550. The standard InChI is InChI=1S/C27H25F3N4O2S/c1-17-14-23(18-8-10-20(11-9-18)27(28,29)30)32-24(15-17)22-12-13-31-25(33-22)19-6-5-7-21(16-19)37(35,36)34-26(2,3)4/h5-16,34H,1-4H3. The van der Waals surface area contributed by atoms with Gasteiger partial charge in [-0.2, -0.15) is 13.2 Å². The highest BCUT2D eigenvalue weighted by Crippen LogP contribution is 2.31. The van der Waals surface area contributed by atoms with Crippen LogP contribution in [0.2, 0.25) is 0 Å². The van der Waals surface area contributed by atoms with Crippen LogP contribution in [0.3, 0.4) is 0 Å². The van der Waals surface area contributed by atoms with Crippen LogP contribution in [0.4, 0.5) is 13.2 Å². The number of pyridine rings is 1. The molecule has 0 spiro atoms. The average molecular weight is 527 g/mol. The average Bonchev–Trinajstić information content (AvgIpc) is 2.82. The highest BCUT2D eigenvalue weighted by atomic mass is 32.2. The van der Waals surface area contributed by atoms with Crippen molar-refractivity contribution in [2.24, 2.45) is 0 Å². The molecule has 0 fully saturated rings. The lowest BCUT2D eigenvalue weighted by Crippen LogP contribution is -2.40. The first-order valence-corrected chi connectivity index (χ1v) is 12.8. The molecule has 192 valence electrons. The number of hydrogen-bond acceptors (Lipinski definition) is 5. The van der Waals surface area contributed by atoms with Gasteiger partial charge in [0.1, 0.15) is 0 Å². The first-order valence-electron chi connectivity index (χ1n) is 11.4. The van der Waals surface area contributed by atoms with Crippen LogP contribution in [0.25, 0.3) is 34.0 Å². The summed E-state index contributed by atoms with van der Waals surface area (Å²) in [6, 6.07) is 16.4. The number of rotatable bonds is 5. The molecule has 4 aromatic rings. The molecule has 0 saturated carbocycles. The first kappa shape index (κ1) is 26.4. The summed E-state index contributed by atoms with van der Waals surface area (Å²) >= 11 is 0. The third-order valence-corrected chi connectivity index (χ3v) is 6.99. The maximum absolute atomic E-state index is 12.9. The second-order valence-electron chi connectivity index (χ2n) is 9.64. The van der Waals surface area contributed by atoms with Crippen molar-refractivity contribution in [1.82, 2.24) is 19.7 Å². The van der Waals surface area contributed by atoms with Crippen molar-refractivity contribution in [3.8, 4) is 34.0 Å². The van der Waals surface area contributed by atoms with Crippen molar-refractivity contribution in [3.05, 3.63) is 84.1 Å². The smallest absolute Gasteiger partial charge is 0.246 e. The summed E-state index contributed by atoms with van der Waals surface area (Å²) in [6.45, 7) is 7.13. The Labute approximate surface area is 213 Å². The summed E-state index contributed by atoms with van der Waals surface area (Å²) < 4.78 is 67.0. The van der Waals surface area contributed by atoms with Gasteiger partial charge in [0.2, 0.25) is 10.0 Å². The molecule has 0 atom stereocenters. The summed E-state index contributed by atoms with van der Waals surface area (Å²) in [5.74, 6) is 0.310. The Kier molecular flexibility index (Phi) is 6.91.